The minimum absolute atomic E-state index is 0.0478. The molecule has 6 nitrogen and oxygen atoms in total. The fourth-order valence-corrected chi connectivity index (χ4v) is 1.56. The number of epoxide rings is 1. The fraction of sp³-hybridized carbons (Fsp3) is 0.900. The number of aliphatic hydroxyl groups is 1. The topological polar surface area (TPSA) is 91.3 Å². The van der Waals surface area contributed by atoms with Crippen LogP contribution in [-0.4, -0.2) is 41.9 Å². The zero-order chi connectivity index (χ0) is 12.3. The van der Waals surface area contributed by atoms with Gasteiger partial charge in [-0.1, -0.05) is 19.0 Å². The fourth-order valence-electron chi connectivity index (χ4n) is 1.56. The molecule has 0 saturated carbocycles. The van der Waals surface area contributed by atoms with Crippen molar-refractivity contribution in [3.05, 3.63) is 4.91 Å². The molecule has 1 heterocycles. The van der Waals surface area contributed by atoms with Crippen molar-refractivity contribution in [1.82, 2.24) is 5.32 Å². The molecule has 1 aliphatic rings. The number of carbonyl (C=O) groups excluding carboxylic acids is 1. The molecule has 16 heavy (non-hydrogen) atoms. The van der Waals surface area contributed by atoms with Crippen molar-refractivity contribution >= 4 is 5.91 Å². The minimum atomic E-state index is -0.775. The number of carbonyl (C=O) groups is 1. The van der Waals surface area contributed by atoms with Crippen molar-refractivity contribution in [3.63, 3.8) is 0 Å². The standard InChI is InChI=1S/C10H18N2O4/c1-6(2)8(12-7(13)4-11-15)9(14)10(3)5-16-10/h6,8-9,14H,4-5H2,1-3H3,(H,12,13). The number of amides is 1. The number of aliphatic hydroxyl groups excluding tert-OH is 1. The van der Waals surface area contributed by atoms with Crippen LogP contribution >= 0.6 is 0 Å². The Kier molecular flexibility index (Phi) is 3.98. The Balaban J connectivity index is 2.60. The van der Waals surface area contributed by atoms with Gasteiger partial charge in [0.15, 0.2) is 6.54 Å². The van der Waals surface area contributed by atoms with Crippen molar-refractivity contribution < 1.29 is 14.6 Å². The van der Waals surface area contributed by atoms with Gasteiger partial charge in [-0.15, -0.1) is 0 Å². The van der Waals surface area contributed by atoms with Gasteiger partial charge in [0.1, 0.15) is 11.7 Å². The van der Waals surface area contributed by atoms with E-state index in [0.717, 1.165) is 0 Å². The van der Waals surface area contributed by atoms with Crippen molar-refractivity contribution in [2.24, 2.45) is 11.1 Å². The lowest BCUT2D eigenvalue weighted by molar-refractivity contribution is -0.122. The van der Waals surface area contributed by atoms with Crippen LogP contribution in [0.2, 0.25) is 0 Å². The van der Waals surface area contributed by atoms with Crippen LogP contribution in [0.25, 0.3) is 0 Å². The third-order valence-electron chi connectivity index (χ3n) is 2.82. The quantitative estimate of drug-likeness (QED) is 0.498. The van der Waals surface area contributed by atoms with Crippen LogP contribution in [0.3, 0.4) is 0 Å². The second-order valence-corrected chi connectivity index (χ2v) is 4.67. The predicted molar refractivity (Wildman–Crippen MR) is 57.8 cm³/mol. The Morgan fingerprint density at radius 2 is 2.19 bits per heavy atom. The third-order valence-corrected chi connectivity index (χ3v) is 2.82. The molecule has 0 bridgehead atoms. The number of hydrogen-bond acceptors (Lipinski definition) is 5. The molecule has 1 fully saturated rings. The summed E-state index contributed by atoms with van der Waals surface area (Å²) in [5.41, 5.74) is -0.573. The number of hydrogen-bond donors (Lipinski definition) is 2. The maximum absolute atomic E-state index is 11.3. The van der Waals surface area contributed by atoms with Gasteiger partial charge >= 0.3 is 0 Å². The molecule has 0 aromatic rings. The monoisotopic (exact) mass is 230 g/mol. The van der Waals surface area contributed by atoms with E-state index in [1.54, 1.807) is 6.92 Å². The molecule has 1 saturated heterocycles. The summed E-state index contributed by atoms with van der Waals surface area (Å²) < 4.78 is 5.14. The average Bonchev–Trinajstić information content (AvgIpc) is 2.93. The van der Waals surface area contributed by atoms with Gasteiger partial charge in [-0.3, -0.25) is 4.79 Å². The van der Waals surface area contributed by atoms with E-state index in [1.807, 2.05) is 13.8 Å². The summed E-state index contributed by atoms with van der Waals surface area (Å²) in [6, 6.07) is -0.429. The van der Waals surface area contributed by atoms with E-state index in [2.05, 4.69) is 10.5 Å². The van der Waals surface area contributed by atoms with Crippen molar-refractivity contribution in [2.75, 3.05) is 13.2 Å². The van der Waals surface area contributed by atoms with E-state index in [9.17, 15) is 14.8 Å². The Morgan fingerprint density at radius 1 is 1.62 bits per heavy atom. The summed E-state index contributed by atoms with van der Waals surface area (Å²) in [7, 11) is 0. The molecule has 1 amide bonds. The summed E-state index contributed by atoms with van der Waals surface area (Å²) >= 11 is 0. The first kappa shape index (κ1) is 13.1. The maximum Gasteiger partial charge on any atom is 0.245 e. The lowest BCUT2D eigenvalue weighted by Crippen LogP contribution is -2.52. The summed E-state index contributed by atoms with van der Waals surface area (Å²) in [4.78, 5) is 21.2. The first-order valence-electron chi connectivity index (χ1n) is 5.31. The maximum atomic E-state index is 11.3. The third kappa shape index (κ3) is 2.99. The van der Waals surface area contributed by atoms with Crippen LogP contribution in [0.4, 0.5) is 0 Å². The summed E-state index contributed by atoms with van der Waals surface area (Å²) in [5, 5.41) is 15.2. The van der Waals surface area contributed by atoms with Gasteiger partial charge in [0.25, 0.3) is 0 Å². The molecule has 6 heteroatoms. The second-order valence-electron chi connectivity index (χ2n) is 4.67. The van der Waals surface area contributed by atoms with Crippen LogP contribution in [0, 0.1) is 10.8 Å². The molecule has 0 radical (unpaired) electrons. The van der Waals surface area contributed by atoms with Crippen molar-refractivity contribution in [1.29, 1.82) is 0 Å². The number of rotatable bonds is 6. The van der Waals surface area contributed by atoms with Crippen LogP contribution in [0.5, 0.6) is 0 Å². The van der Waals surface area contributed by atoms with Gasteiger partial charge in [0, 0.05) is 0 Å². The number of nitroso groups, excluding NO2 is 1. The zero-order valence-electron chi connectivity index (χ0n) is 9.77. The first-order valence-corrected chi connectivity index (χ1v) is 5.31. The normalized spacial score (nSPS) is 27.3. The molecule has 0 aromatic heterocycles. The molecule has 0 aliphatic carbocycles. The molecule has 2 N–H and O–H groups in total. The lowest BCUT2D eigenvalue weighted by Gasteiger charge is -2.29. The molecular formula is C10H18N2O4. The molecule has 3 unspecified atom stereocenters. The Labute approximate surface area is 94.3 Å². The number of nitrogens with zero attached hydrogens (tertiary/aromatic N) is 1. The van der Waals surface area contributed by atoms with E-state index in [4.69, 9.17) is 4.74 Å². The predicted octanol–water partition coefficient (Wildman–Crippen LogP) is 0.0434. The Bertz CT molecular complexity index is 276. The van der Waals surface area contributed by atoms with Gasteiger partial charge in [0.05, 0.1) is 12.6 Å². The average molecular weight is 230 g/mol. The SMILES string of the molecule is CC(C)C(NC(=O)CN=O)C(O)C1(C)CO1. The Hall–Kier alpha value is -1.01. The van der Waals surface area contributed by atoms with Crippen LogP contribution in [0.15, 0.2) is 5.18 Å². The zero-order valence-corrected chi connectivity index (χ0v) is 9.77. The molecule has 92 valence electrons. The van der Waals surface area contributed by atoms with E-state index in [1.165, 1.54) is 0 Å². The van der Waals surface area contributed by atoms with E-state index in [0.29, 0.717) is 6.61 Å². The molecule has 0 spiro atoms. The van der Waals surface area contributed by atoms with E-state index < -0.39 is 30.2 Å². The van der Waals surface area contributed by atoms with Gasteiger partial charge in [-0.25, -0.2) is 0 Å². The highest BCUT2D eigenvalue weighted by molar-refractivity contribution is 5.78. The second kappa shape index (κ2) is 4.88. The molecule has 3 atom stereocenters. The highest BCUT2D eigenvalue weighted by Gasteiger charge is 2.50. The Morgan fingerprint density at radius 3 is 2.56 bits per heavy atom. The van der Waals surface area contributed by atoms with E-state index in [-0.39, 0.29) is 5.92 Å². The summed E-state index contributed by atoms with van der Waals surface area (Å²) in [5.74, 6) is -0.427. The molecule has 1 aliphatic heterocycles. The van der Waals surface area contributed by atoms with E-state index >= 15 is 0 Å². The van der Waals surface area contributed by atoms with Gasteiger partial charge in [-0.05, 0) is 12.8 Å². The van der Waals surface area contributed by atoms with Crippen LogP contribution < -0.4 is 5.32 Å². The van der Waals surface area contributed by atoms with Crippen molar-refractivity contribution in [2.45, 2.75) is 38.5 Å². The molecule has 0 aromatic carbocycles. The van der Waals surface area contributed by atoms with Crippen LogP contribution in [0.1, 0.15) is 20.8 Å². The minimum Gasteiger partial charge on any atom is -0.388 e. The van der Waals surface area contributed by atoms with Crippen molar-refractivity contribution in [3.8, 4) is 0 Å². The first-order chi connectivity index (χ1) is 7.40. The number of nitrogens with one attached hydrogen (secondary N) is 1. The smallest absolute Gasteiger partial charge is 0.245 e. The highest BCUT2D eigenvalue weighted by Crippen LogP contribution is 2.33. The van der Waals surface area contributed by atoms with Gasteiger partial charge in [-0.2, -0.15) is 4.91 Å². The molecule has 1 rings (SSSR count). The summed E-state index contributed by atoms with van der Waals surface area (Å²) in [6.07, 6.45) is -0.775. The number of ether oxygens (including phenoxy) is 1. The lowest BCUT2D eigenvalue weighted by atomic mass is 9.90. The molecular weight excluding hydrogens is 212 g/mol. The summed E-state index contributed by atoms with van der Waals surface area (Å²) in [6.45, 7) is 5.62. The van der Waals surface area contributed by atoms with Crippen LogP contribution in [-0.2, 0) is 9.53 Å². The van der Waals surface area contributed by atoms with Gasteiger partial charge < -0.3 is 15.2 Å². The largest absolute Gasteiger partial charge is 0.388 e. The highest BCUT2D eigenvalue weighted by atomic mass is 16.6. The van der Waals surface area contributed by atoms with Gasteiger partial charge in [0.2, 0.25) is 5.91 Å².